The fourth-order valence-electron chi connectivity index (χ4n) is 2.21. The molecule has 0 aliphatic heterocycles. The Bertz CT molecular complexity index is 758. The van der Waals surface area contributed by atoms with Crippen LogP contribution in [0.25, 0.3) is 4.96 Å². The number of nitrogens with one attached hydrogen (secondary N) is 2. The lowest BCUT2D eigenvalue weighted by Gasteiger charge is -2.11. The molecule has 0 unspecified atom stereocenters. The first-order chi connectivity index (χ1) is 11.8. The molecule has 2 aromatic heterocycles. The predicted molar refractivity (Wildman–Crippen MR) is 113 cm³/mol. The van der Waals surface area contributed by atoms with E-state index in [4.69, 9.17) is 4.74 Å². The molecule has 0 saturated heterocycles. The average Bonchev–Trinajstić information content (AvgIpc) is 3.19. The SMILES string of the molecule is CCNC(=NCc1cn2ccsc2n1)NCCOc1ccccc1.I. The van der Waals surface area contributed by atoms with Crippen molar-refractivity contribution >= 4 is 46.2 Å². The molecule has 0 bridgehead atoms. The van der Waals surface area contributed by atoms with E-state index in [-0.39, 0.29) is 24.0 Å². The molecule has 2 N–H and O–H groups in total. The summed E-state index contributed by atoms with van der Waals surface area (Å²) in [7, 11) is 0. The zero-order valence-corrected chi connectivity index (χ0v) is 17.2. The summed E-state index contributed by atoms with van der Waals surface area (Å²) in [6, 6.07) is 9.79. The van der Waals surface area contributed by atoms with Gasteiger partial charge in [0.1, 0.15) is 12.4 Å². The molecule has 3 aromatic rings. The number of aromatic nitrogens is 2. The first-order valence-corrected chi connectivity index (χ1v) is 8.84. The molecule has 0 radical (unpaired) electrons. The van der Waals surface area contributed by atoms with E-state index in [0.29, 0.717) is 19.7 Å². The highest BCUT2D eigenvalue weighted by atomic mass is 127. The Labute approximate surface area is 168 Å². The zero-order valence-electron chi connectivity index (χ0n) is 14.0. The van der Waals surface area contributed by atoms with Crippen LogP contribution in [0.1, 0.15) is 12.6 Å². The van der Waals surface area contributed by atoms with Gasteiger partial charge in [-0.2, -0.15) is 0 Å². The van der Waals surface area contributed by atoms with Gasteiger partial charge in [-0.05, 0) is 19.1 Å². The third kappa shape index (κ3) is 5.89. The number of fused-ring (bicyclic) bond motifs is 1. The van der Waals surface area contributed by atoms with Gasteiger partial charge in [0.25, 0.3) is 0 Å². The van der Waals surface area contributed by atoms with Crippen LogP contribution in [0.2, 0.25) is 0 Å². The van der Waals surface area contributed by atoms with Gasteiger partial charge in [0.2, 0.25) is 0 Å². The molecule has 0 aliphatic rings. The van der Waals surface area contributed by atoms with Gasteiger partial charge >= 0.3 is 0 Å². The largest absolute Gasteiger partial charge is 0.492 e. The maximum Gasteiger partial charge on any atom is 0.193 e. The third-order valence-corrected chi connectivity index (χ3v) is 4.06. The first kappa shape index (κ1) is 19.5. The third-order valence-electron chi connectivity index (χ3n) is 3.29. The number of ether oxygens (including phenoxy) is 1. The van der Waals surface area contributed by atoms with Gasteiger partial charge in [0.05, 0.1) is 18.8 Å². The molecule has 0 saturated carbocycles. The lowest BCUT2D eigenvalue weighted by atomic mass is 10.3. The van der Waals surface area contributed by atoms with Crippen LogP contribution in [0.4, 0.5) is 0 Å². The summed E-state index contributed by atoms with van der Waals surface area (Å²) >= 11 is 1.62. The fourth-order valence-corrected chi connectivity index (χ4v) is 2.93. The van der Waals surface area contributed by atoms with Crippen LogP contribution in [0, 0.1) is 0 Å². The van der Waals surface area contributed by atoms with Crippen LogP contribution in [-0.2, 0) is 6.54 Å². The Kier molecular flexibility index (Phi) is 7.99. The number of guanidine groups is 1. The second-order valence-corrected chi connectivity index (χ2v) is 5.98. The maximum atomic E-state index is 5.67. The van der Waals surface area contributed by atoms with Crippen molar-refractivity contribution in [3.63, 3.8) is 0 Å². The zero-order chi connectivity index (χ0) is 16.6. The summed E-state index contributed by atoms with van der Waals surface area (Å²) in [6.07, 6.45) is 4.02. The Hall–Kier alpha value is -1.81. The van der Waals surface area contributed by atoms with Crippen molar-refractivity contribution in [2.45, 2.75) is 13.5 Å². The van der Waals surface area contributed by atoms with Crippen LogP contribution < -0.4 is 15.4 Å². The van der Waals surface area contributed by atoms with Crippen LogP contribution in [0.15, 0.2) is 53.1 Å². The molecule has 0 fully saturated rings. The smallest absolute Gasteiger partial charge is 0.193 e. The fraction of sp³-hybridized carbons (Fsp3) is 0.294. The number of aliphatic imine (C=N–C) groups is 1. The van der Waals surface area contributed by atoms with Crippen molar-refractivity contribution in [3.05, 3.63) is 53.8 Å². The number of hydrogen-bond acceptors (Lipinski definition) is 4. The van der Waals surface area contributed by atoms with Gasteiger partial charge in [-0.3, -0.25) is 4.40 Å². The van der Waals surface area contributed by atoms with Crippen molar-refractivity contribution in [1.29, 1.82) is 0 Å². The van der Waals surface area contributed by atoms with Gasteiger partial charge in [-0.25, -0.2) is 9.98 Å². The minimum absolute atomic E-state index is 0. The topological polar surface area (TPSA) is 63.0 Å². The predicted octanol–water partition coefficient (Wildman–Crippen LogP) is 3.15. The van der Waals surface area contributed by atoms with Gasteiger partial charge in [0, 0.05) is 24.3 Å². The van der Waals surface area contributed by atoms with E-state index in [9.17, 15) is 0 Å². The molecule has 0 aliphatic carbocycles. The van der Waals surface area contributed by atoms with Crippen molar-refractivity contribution < 1.29 is 4.74 Å². The van der Waals surface area contributed by atoms with E-state index in [1.807, 2.05) is 59.4 Å². The summed E-state index contributed by atoms with van der Waals surface area (Å²) in [5.41, 5.74) is 0.958. The standard InChI is InChI=1S/C17H21N5OS.HI/c1-2-18-16(19-8-10-23-15-6-4-3-5-7-15)20-12-14-13-22-9-11-24-17(22)21-14;/h3-7,9,11,13H,2,8,10,12H2,1H3,(H2,18,19,20);1H. The molecule has 6 nitrogen and oxygen atoms in total. The highest BCUT2D eigenvalue weighted by Gasteiger charge is 2.03. The quantitative estimate of drug-likeness (QED) is 0.241. The Morgan fingerprint density at radius 3 is 2.88 bits per heavy atom. The summed E-state index contributed by atoms with van der Waals surface area (Å²) in [5.74, 6) is 1.64. The lowest BCUT2D eigenvalue weighted by Crippen LogP contribution is -2.39. The molecule has 0 atom stereocenters. The Morgan fingerprint density at radius 1 is 1.28 bits per heavy atom. The molecule has 3 rings (SSSR count). The van der Waals surface area contributed by atoms with Gasteiger partial charge in [0.15, 0.2) is 10.9 Å². The lowest BCUT2D eigenvalue weighted by molar-refractivity contribution is 0.322. The monoisotopic (exact) mass is 471 g/mol. The number of hydrogen-bond donors (Lipinski definition) is 2. The molecule has 25 heavy (non-hydrogen) atoms. The number of nitrogens with zero attached hydrogens (tertiary/aromatic N) is 3. The molecule has 2 heterocycles. The summed E-state index contributed by atoms with van der Waals surface area (Å²) in [5, 5.41) is 8.52. The van der Waals surface area contributed by atoms with Crippen molar-refractivity contribution in [2.24, 2.45) is 4.99 Å². The molecule has 134 valence electrons. The van der Waals surface area contributed by atoms with Crippen molar-refractivity contribution in [1.82, 2.24) is 20.0 Å². The Morgan fingerprint density at radius 2 is 2.12 bits per heavy atom. The second kappa shape index (κ2) is 10.2. The highest BCUT2D eigenvalue weighted by molar-refractivity contribution is 14.0. The van der Waals surface area contributed by atoms with Gasteiger partial charge in [-0.1, -0.05) is 18.2 Å². The van der Waals surface area contributed by atoms with Gasteiger partial charge in [-0.15, -0.1) is 35.3 Å². The first-order valence-electron chi connectivity index (χ1n) is 7.96. The molecule has 8 heteroatoms. The molecule has 0 amide bonds. The van der Waals surface area contributed by atoms with Crippen LogP contribution in [-0.4, -0.2) is 35.0 Å². The highest BCUT2D eigenvalue weighted by Crippen LogP contribution is 2.11. The van der Waals surface area contributed by atoms with E-state index in [1.54, 1.807) is 11.3 Å². The minimum Gasteiger partial charge on any atom is -0.492 e. The van der Waals surface area contributed by atoms with E-state index in [1.165, 1.54) is 0 Å². The van der Waals surface area contributed by atoms with Crippen LogP contribution in [0.3, 0.4) is 0 Å². The van der Waals surface area contributed by atoms with E-state index in [0.717, 1.165) is 28.9 Å². The number of imidazole rings is 1. The normalized spacial score (nSPS) is 11.2. The summed E-state index contributed by atoms with van der Waals surface area (Å²) in [4.78, 5) is 10.1. The molecule has 0 spiro atoms. The number of thiazole rings is 1. The number of benzene rings is 1. The van der Waals surface area contributed by atoms with Gasteiger partial charge < -0.3 is 15.4 Å². The molecule has 1 aromatic carbocycles. The van der Waals surface area contributed by atoms with E-state index < -0.39 is 0 Å². The summed E-state index contributed by atoms with van der Waals surface area (Å²) in [6.45, 7) is 4.66. The number of rotatable bonds is 7. The molecular formula is C17H22IN5OS. The van der Waals surface area contributed by atoms with Crippen LogP contribution >= 0.6 is 35.3 Å². The summed E-state index contributed by atoms with van der Waals surface area (Å²) < 4.78 is 7.68. The molecular weight excluding hydrogens is 449 g/mol. The average molecular weight is 471 g/mol. The van der Waals surface area contributed by atoms with E-state index >= 15 is 0 Å². The van der Waals surface area contributed by atoms with Crippen molar-refractivity contribution in [3.8, 4) is 5.75 Å². The maximum absolute atomic E-state index is 5.67. The number of halogens is 1. The minimum atomic E-state index is 0. The Balaban J connectivity index is 0.00000225. The number of para-hydroxylation sites is 1. The van der Waals surface area contributed by atoms with Crippen LogP contribution in [0.5, 0.6) is 5.75 Å². The second-order valence-electron chi connectivity index (χ2n) is 5.11. The van der Waals surface area contributed by atoms with E-state index in [2.05, 4.69) is 20.6 Å². The van der Waals surface area contributed by atoms with Crippen molar-refractivity contribution in [2.75, 3.05) is 19.7 Å².